The first-order valence-corrected chi connectivity index (χ1v) is 7.63. The molecule has 0 aliphatic rings. The molecule has 0 aliphatic carbocycles. The normalized spacial score (nSPS) is 10.3. The van der Waals surface area contributed by atoms with Crippen molar-refractivity contribution in [1.29, 1.82) is 0 Å². The second-order valence-corrected chi connectivity index (χ2v) is 5.70. The van der Waals surface area contributed by atoms with Gasteiger partial charge in [-0.1, -0.05) is 17.8 Å². The Morgan fingerprint density at radius 2 is 2.13 bits per heavy atom. The zero-order chi connectivity index (χ0) is 17.0. The average Bonchev–Trinajstić information content (AvgIpc) is 2.46. The van der Waals surface area contributed by atoms with Crippen LogP contribution in [0.5, 0.6) is 0 Å². The van der Waals surface area contributed by atoms with Crippen molar-refractivity contribution < 1.29 is 9.72 Å². The molecule has 0 radical (unpaired) electrons. The quantitative estimate of drug-likeness (QED) is 0.372. The monoisotopic (exact) mass is 333 g/mol. The van der Waals surface area contributed by atoms with Crippen LogP contribution in [0.15, 0.2) is 29.4 Å². The van der Waals surface area contributed by atoms with Gasteiger partial charge < -0.3 is 11.1 Å². The number of aromatic nitrogens is 2. The Balaban J connectivity index is 2.03. The number of nitro groups is 1. The molecule has 1 aromatic carbocycles. The van der Waals surface area contributed by atoms with Crippen LogP contribution in [0.1, 0.15) is 11.3 Å². The lowest BCUT2D eigenvalue weighted by Gasteiger charge is -2.08. The second kappa shape index (κ2) is 7.05. The Morgan fingerprint density at radius 3 is 2.78 bits per heavy atom. The number of rotatable bonds is 5. The Bertz CT molecular complexity index is 746. The van der Waals surface area contributed by atoms with Crippen LogP contribution in [0.2, 0.25) is 0 Å². The van der Waals surface area contributed by atoms with Crippen LogP contribution in [0.4, 0.5) is 17.2 Å². The summed E-state index contributed by atoms with van der Waals surface area (Å²) in [6.07, 6.45) is 0. The van der Waals surface area contributed by atoms with Gasteiger partial charge in [0, 0.05) is 17.8 Å². The zero-order valence-electron chi connectivity index (χ0n) is 12.6. The van der Waals surface area contributed by atoms with Gasteiger partial charge in [0.15, 0.2) is 5.16 Å². The van der Waals surface area contributed by atoms with Gasteiger partial charge in [0.05, 0.1) is 21.9 Å². The van der Waals surface area contributed by atoms with Crippen LogP contribution in [0.25, 0.3) is 0 Å². The number of nitrogens with zero attached hydrogens (tertiary/aromatic N) is 3. The van der Waals surface area contributed by atoms with Crippen molar-refractivity contribution >= 4 is 34.9 Å². The summed E-state index contributed by atoms with van der Waals surface area (Å²) in [4.78, 5) is 30.6. The molecule has 1 aromatic heterocycles. The molecule has 0 bridgehead atoms. The molecule has 0 saturated carbocycles. The van der Waals surface area contributed by atoms with Crippen molar-refractivity contribution in [3.05, 3.63) is 45.6 Å². The van der Waals surface area contributed by atoms with Crippen LogP contribution >= 0.6 is 11.8 Å². The summed E-state index contributed by atoms with van der Waals surface area (Å²) in [5.41, 5.74) is 7.13. The summed E-state index contributed by atoms with van der Waals surface area (Å²) in [5.74, 6) is 0.114. The number of amides is 1. The number of nitrogens with two attached hydrogens (primary N) is 1. The first-order valence-electron chi connectivity index (χ1n) is 6.64. The Morgan fingerprint density at radius 1 is 1.39 bits per heavy atom. The molecule has 9 heteroatoms. The molecular formula is C14H15N5O3S. The van der Waals surface area contributed by atoms with E-state index in [1.165, 1.54) is 12.1 Å². The lowest BCUT2D eigenvalue weighted by molar-refractivity contribution is -0.385. The number of hydrogen-bond acceptors (Lipinski definition) is 7. The van der Waals surface area contributed by atoms with E-state index in [1.54, 1.807) is 26.0 Å². The number of nitrogen functional groups attached to an aromatic ring is 1. The average molecular weight is 333 g/mol. The molecule has 1 amide bonds. The summed E-state index contributed by atoms with van der Waals surface area (Å²) in [7, 11) is 0. The maximum atomic E-state index is 12.0. The second-order valence-electron chi connectivity index (χ2n) is 4.76. The van der Waals surface area contributed by atoms with E-state index in [9.17, 15) is 14.9 Å². The molecule has 120 valence electrons. The fraction of sp³-hybridized carbons (Fsp3) is 0.214. The molecule has 8 nitrogen and oxygen atoms in total. The minimum atomic E-state index is -0.483. The predicted molar refractivity (Wildman–Crippen MR) is 88.4 cm³/mol. The Hall–Kier alpha value is -2.68. The van der Waals surface area contributed by atoms with Gasteiger partial charge in [0.1, 0.15) is 5.82 Å². The van der Waals surface area contributed by atoms with Gasteiger partial charge in [-0.2, -0.15) is 0 Å². The van der Waals surface area contributed by atoms with E-state index in [0.29, 0.717) is 22.2 Å². The van der Waals surface area contributed by atoms with E-state index >= 15 is 0 Å². The first kappa shape index (κ1) is 16.7. The number of thioether (sulfide) groups is 1. The standard InChI is InChI=1S/C14H15N5O3S/c1-8-6-12(15)18-14(16-8)23-7-13(20)17-10-4-3-5-11(9(10)2)19(21)22/h3-6H,7H2,1-2H3,(H,17,20)(H2,15,16,18). The van der Waals surface area contributed by atoms with Crippen LogP contribution in [-0.2, 0) is 4.79 Å². The predicted octanol–water partition coefficient (Wildman–Crippen LogP) is 2.31. The van der Waals surface area contributed by atoms with E-state index in [4.69, 9.17) is 5.73 Å². The molecule has 3 N–H and O–H groups in total. The number of nitrogens with one attached hydrogen (secondary N) is 1. The number of anilines is 2. The summed E-state index contributed by atoms with van der Waals surface area (Å²) >= 11 is 1.14. The van der Waals surface area contributed by atoms with Gasteiger partial charge in [0.25, 0.3) is 5.69 Å². The van der Waals surface area contributed by atoms with E-state index in [2.05, 4.69) is 15.3 Å². The number of benzene rings is 1. The first-order chi connectivity index (χ1) is 10.9. The van der Waals surface area contributed by atoms with Crippen molar-refractivity contribution in [3.63, 3.8) is 0 Å². The highest BCUT2D eigenvalue weighted by atomic mass is 32.2. The van der Waals surface area contributed by atoms with Crippen LogP contribution in [-0.4, -0.2) is 26.6 Å². The molecule has 2 aromatic rings. The van der Waals surface area contributed by atoms with Crippen LogP contribution in [0, 0.1) is 24.0 Å². The smallest absolute Gasteiger partial charge is 0.274 e. The fourth-order valence-electron chi connectivity index (χ4n) is 1.90. The third-order valence-corrected chi connectivity index (χ3v) is 3.81. The summed E-state index contributed by atoms with van der Waals surface area (Å²) < 4.78 is 0. The molecular weight excluding hydrogens is 318 g/mol. The third kappa shape index (κ3) is 4.39. The van der Waals surface area contributed by atoms with E-state index in [-0.39, 0.29) is 17.3 Å². The Kier molecular flexibility index (Phi) is 5.12. The van der Waals surface area contributed by atoms with E-state index in [0.717, 1.165) is 17.5 Å². The molecule has 23 heavy (non-hydrogen) atoms. The highest BCUT2D eigenvalue weighted by Crippen LogP contribution is 2.25. The molecule has 0 spiro atoms. The van der Waals surface area contributed by atoms with Gasteiger partial charge in [0.2, 0.25) is 5.91 Å². The topological polar surface area (TPSA) is 124 Å². The molecule has 1 heterocycles. The van der Waals surface area contributed by atoms with Gasteiger partial charge in [-0.05, 0) is 19.9 Å². The lowest BCUT2D eigenvalue weighted by Crippen LogP contribution is -2.15. The van der Waals surface area contributed by atoms with Gasteiger partial charge in [-0.15, -0.1) is 0 Å². The minimum absolute atomic E-state index is 0.0368. The van der Waals surface area contributed by atoms with E-state index in [1.807, 2.05) is 0 Å². The molecule has 0 unspecified atom stereocenters. The van der Waals surface area contributed by atoms with Gasteiger partial charge in [-0.3, -0.25) is 14.9 Å². The lowest BCUT2D eigenvalue weighted by atomic mass is 10.1. The largest absolute Gasteiger partial charge is 0.384 e. The number of carbonyl (C=O) groups excluding carboxylic acids is 1. The highest BCUT2D eigenvalue weighted by Gasteiger charge is 2.15. The highest BCUT2D eigenvalue weighted by molar-refractivity contribution is 7.99. The summed E-state index contributed by atoms with van der Waals surface area (Å²) in [6, 6.07) is 6.17. The summed E-state index contributed by atoms with van der Waals surface area (Å²) in [5, 5.41) is 14.0. The van der Waals surface area contributed by atoms with Crippen molar-refractivity contribution in [1.82, 2.24) is 9.97 Å². The summed E-state index contributed by atoms with van der Waals surface area (Å²) in [6.45, 7) is 3.37. The van der Waals surface area contributed by atoms with E-state index < -0.39 is 4.92 Å². The van der Waals surface area contributed by atoms with Crippen molar-refractivity contribution in [3.8, 4) is 0 Å². The van der Waals surface area contributed by atoms with Crippen LogP contribution in [0.3, 0.4) is 0 Å². The zero-order valence-corrected chi connectivity index (χ0v) is 13.4. The maximum absolute atomic E-state index is 12.0. The number of aryl methyl sites for hydroxylation is 1. The number of carbonyl (C=O) groups is 1. The molecule has 0 saturated heterocycles. The molecule has 0 aliphatic heterocycles. The third-order valence-electron chi connectivity index (χ3n) is 2.96. The van der Waals surface area contributed by atoms with Crippen molar-refractivity contribution in [2.75, 3.05) is 16.8 Å². The van der Waals surface area contributed by atoms with Crippen molar-refractivity contribution in [2.24, 2.45) is 0 Å². The fourth-order valence-corrected chi connectivity index (χ4v) is 2.61. The molecule has 2 rings (SSSR count). The maximum Gasteiger partial charge on any atom is 0.274 e. The van der Waals surface area contributed by atoms with Gasteiger partial charge >= 0.3 is 0 Å². The SMILES string of the molecule is Cc1cc(N)nc(SCC(=O)Nc2cccc([N+](=O)[O-])c2C)n1. The molecule has 0 atom stereocenters. The number of hydrogen-bond donors (Lipinski definition) is 2. The molecule has 0 fully saturated rings. The van der Waals surface area contributed by atoms with Crippen LogP contribution < -0.4 is 11.1 Å². The van der Waals surface area contributed by atoms with Gasteiger partial charge in [-0.25, -0.2) is 9.97 Å². The van der Waals surface area contributed by atoms with Crippen molar-refractivity contribution in [2.45, 2.75) is 19.0 Å². The minimum Gasteiger partial charge on any atom is -0.384 e. The Labute approximate surface area is 136 Å². The number of nitro benzene ring substituents is 1.